The molecule has 0 aromatic heterocycles. The number of halogens is 2. The zero-order chi connectivity index (χ0) is 12.0. The minimum Gasteiger partial charge on any atom is -0.312 e. The summed E-state index contributed by atoms with van der Waals surface area (Å²) in [7, 11) is 0. The highest BCUT2D eigenvalue weighted by Gasteiger charge is 2.03. The minimum absolute atomic E-state index is 0.287. The molecule has 0 aliphatic carbocycles. The number of benzene rings is 1. The van der Waals surface area contributed by atoms with Crippen LogP contribution < -0.4 is 5.32 Å². The topological polar surface area (TPSA) is 12.0 Å². The van der Waals surface area contributed by atoms with Crippen molar-refractivity contribution in [3.8, 4) is 0 Å². The Morgan fingerprint density at radius 2 is 2.25 bits per heavy atom. The van der Waals surface area contributed by atoms with Gasteiger partial charge in [-0.1, -0.05) is 24.6 Å². The van der Waals surface area contributed by atoms with Gasteiger partial charge >= 0.3 is 0 Å². The first-order valence-corrected chi connectivity index (χ1v) is 7.04. The molecule has 90 valence electrons. The number of rotatable bonds is 6. The summed E-state index contributed by atoms with van der Waals surface area (Å²) in [5.41, 5.74) is 0.944. The summed E-state index contributed by atoms with van der Waals surface area (Å²) in [5, 5.41) is 3.82. The predicted octanol–water partition coefficient (Wildman–Crippen LogP) is 3.57. The third-order valence-corrected chi connectivity index (χ3v) is 3.53. The molecule has 0 amide bonds. The molecule has 1 N–H and O–H groups in total. The molecule has 16 heavy (non-hydrogen) atoms. The maximum absolute atomic E-state index is 12.8. The summed E-state index contributed by atoms with van der Waals surface area (Å²) in [5.74, 6) is 1.49. The Bertz CT molecular complexity index is 333. The van der Waals surface area contributed by atoms with E-state index in [1.165, 1.54) is 12.1 Å². The number of nitrogens with one attached hydrogen (secondary N) is 1. The molecule has 1 nitrogen and oxygen atoms in total. The van der Waals surface area contributed by atoms with Crippen molar-refractivity contribution in [2.24, 2.45) is 5.92 Å². The van der Waals surface area contributed by atoms with E-state index in [1.807, 2.05) is 11.8 Å². The molecule has 4 heteroatoms. The Hall–Kier alpha value is -0.250. The van der Waals surface area contributed by atoms with E-state index in [0.29, 0.717) is 17.5 Å². The molecule has 1 unspecified atom stereocenters. The Morgan fingerprint density at radius 3 is 2.88 bits per heavy atom. The van der Waals surface area contributed by atoms with Gasteiger partial charge in [0.05, 0.1) is 0 Å². The van der Waals surface area contributed by atoms with Crippen LogP contribution in [-0.2, 0) is 6.54 Å². The fourth-order valence-electron chi connectivity index (χ4n) is 1.46. The lowest BCUT2D eigenvalue weighted by Crippen LogP contribution is -2.22. The van der Waals surface area contributed by atoms with E-state index in [4.69, 9.17) is 11.6 Å². The molecule has 0 saturated heterocycles. The Kier molecular flexibility index (Phi) is 6.17. The van der Waals surface area contributed by atoms with Crippen LogP contribution in [0.3, 0.4) is 0 Å². The summed E-state index contributed by atoms with van der Waals surface area (Å²) in [4.78, 5) is 0. The molecule has 1 rings (SSSR count). The fraction of sp³-hybridized carbons (Fsp3) is 0.500. The van der Waals surface area contributed by atoms with E-state index in [1.54, 1.807) is 6.07 Å². The number of hydrogen-bond donors (Lipinski definition) is 1. The van der Waals surface area contributed by atoms with Gasteiger partial charge in [0.25, 0.3) is 0 Å². The quantitative estimate of drug-likeness (QED) is 0.840. The minimum atomic E-state index is -0.287. The van der Waals surface area contributed by atoms with E-state index in [0.717, 1.165) is 17.9 Å². The maximum Gasteiger partial charge on any atom is 0.124 e. The van der Waals surface area contributed by atoms with Crippen LogP contribution in [0.4, 0.5) is 4.39 Å². The van der Waals surface area contributed by atoms with Crippen LogP contribution in [0.25, 0.3) is 0 Å². The van der Waals surface area contributed by atoms with Gasteiger partial charge in [0.2, 0.25) is 0 Å². The van der Waals surface area contributed by atoms with Crippen LogP contribution in [-0.4, -0.2) is 18.6 Å². The van der Waals surface area contributed by atoms with Gasteiger partial charge in [-0.2, -0.15) is 11.8 Å². The predicted molar refractivity (Wildman–Crippen MR) is 70.7 cm³/mol. The lowest BCUT2D eigenvalue weighted by molar-refractivity contribution is 0.558. The largest absolute Gasteiger partial charge is 0.312 e. The Morgan fingerprint density at radius 1 is 1.50 bits per heavy atom. The first kappa shape index (κ1) is 13.8. The first-order chi connectivity index (χ1) is 7.63. The average Bonchev–Trinajstić information content (AvgIpc) is 2.22. The third-order valence-electron chi connectivity index (χ3n) is 2.27. The highest BCUT2D eigenvalue weighted by molar-refractivity contribution is 7.98. The standard InChI is InChI=1S/C12H17ClFNS/c1-9(8-16-2)6-15-7-10-3-4-11(14)5-12(10)13/h3-5,9,15H,6-8H2,1-2H3. The van der Waals surface area contributed by atoms with Gasteiger partial charge in [-0.3, -0.25) is 0 Å². The molecule has 0 fully saturated rings. The zero-order valence-corrected chi connectivity index (χ0v) is 11.2. The Balaban J connectivity index is 2.37. The molecule has 1 aromatic rings. The molecule has 0 aliphatic rings. The number of thioether (sulfide) groups is 1. The third kappa shape index (κ3) is 4.73. The van der Waals surface area contributed by atoms with Gasteiger partial charge in [-0.25, -0.2) is 4.39 Å². The van der Waals surface area contributed by atoms with E-state index < -0.39 is 0 Å². The molecule has 0 saturated carbocycles. The first-order valence-electron chi connectivity index (χ1n) is 5.27. The maximum atomic E-state index is 12.8. The van der Waals surface area contributed by atoms with Crippen LogP contribution in [0.15, 0.2) is 18.2 Å². The summed E-state index contributed by atoms with van der Waals surface area (Å²) in [6, 6.07) is 4.52. The van der Waals surface area contributed by atoms with E-state index in [9.17, 15) is 4.39 Å². The van der Waals surface area contributed by atoms with Crippen molar-refractivity contribution in [1.29, 1.82) is 0 Å². The van der Waals surface area contributed by atoms with Gasteiger partial charge < -0.3 is 5.32 Å². The van der Waals surface area contributed by atoms with Gasteiger partial charge in [0.1, 0.15) is 5.82 Å². The van der Waals surface area contributed by atoms with Gasteiger partial charge in [0.15, 0.2) is 0 Å². The Labute approximate surface area is 106 Å². The van der Waals surface area contributed by atoms with Crippen LogP contribution in [0.2, 0.25) is 5.02 Å². The van der Waals surface area contributed by atoms with Crippen molar-refractivity contribution in [2.45, 2.75) is 13.5 Å². The van der Waals surface area contributed by atoms with Gasteiger partial charge in [0, 0.05) is 11.6 Å². The van der Waals surface area contributed by atoms with E-state index in [2.05, 4.69) is 18.5 Å². The SMILES string of the molecule is CSCC(C)CNCc1ccc(F)cc1Cl. The second kappa shape index (κ2) is 7.15. The normalized spacial score (nSPS) is 12.8. The summed E-state index contributed by atoms with van der Waals surface area (Å²) in [6.07, 6.45) is 2.10. The van der Waals surface area contributed by atoms with Crippen LogP contribution in [0.1, 0.15) is 12.5 Å². The molecular formula is C12H17ClFNS. The average molecular weight is 262 g/mol. The summed E-state index contributed by atoms with van der Waals surface area (Å²) in [6.45, 7) is 3.85. The van der Waals surface area contributed by atoms with Crippen LogP contribution in [0.5, 0.6) is 0 Å². The van der Waals surface area contributed by atoms with Crippen molar-refractivity contribution in [3.05, 3.63) is 34.6 Å². The highest BCUT2D eigenvalue weighted by Crippen LogP contribution is 2.16. The van der Waals surface area contributed by atoms with Crippen LogP contribution in [0, 0.1) is 11.7 Å². The second-order valence-electron chi connectivity index (χ2n) is 3.93. The molecular weight excluding hydrogens is 245 g/mol. The van der Waals surface area contributed by atoms with Crippen molar-refractivity contribution < 1.29 is 4.39 Å². The molecule has 0 spiro atoms. The highest BCUT2D eigenvalue weighted by atomic mass is 35.5. The van der Waals surface area contributed by atoms with Gasteiger partial charge in [-0.15, -0.1) is 0 Å². The van der Waals surface area contributed by atoms with Crippen molar-refractivity contribution in [2.75, 3.05) is 18.6 Å². The van der Waals surface area contributed by atoms with E-state index in [-0.39, 0.29) is 5.82 Å². The summed E-state index contributed by atoms with van der Waals surface area (Å²) < 4.78 is 12.8. The molecule has 0 aliphatic heterocycles. The van der Waals surface area contributed by atoms with E-state index >= 15 is 0 Å². The van der Waals surface area contributed by atoms with Crippen LogP contribution >= 0.6 is 23.4 Å². The fourth-order valence-corrected chi connectivity index (χ4v) is 2.38. The monoisotopic (exact) mass is 261 g/mol. The number of hydrogen-bond acceptors (Lipinski definition) is 2. The van der Waals surface area contributed by atoms with Crippen molar-refractivity contribution in [3.63, 3.8) is 0 Å². The molecule has 1 aromatic carbocycles. The van der Waals surface area contributed by atoms with Crippen molar-refractivity contribution >= 4 is 23.4 Å². The lowest BCUT2D eigenvalue weighted by atomic mass is 10.2. The summed E-state index contributed by atoms with van der Waals surface area (Å²) >= 11 is 7.77. The lowest BCUT2D eigenvalue weighted by Gasteiger charge is -2.11. The molecule has 1 atom stereocenters. The smallest absolute Gasteiger partial charge is 0.124 e. The molecule has 0 heterocycles. The zero-order valence-electron chi connectivity index (χ0n) is 9.59. The molecule has 0 radical (unpaired) electrons. The van der Waals surface area contributed by atoms with Crippen molar-refractivity contribution in [1.82, 2.24) is 5.32 Å². The second-order valence-corrected chi connectivity index (χ2v) is 5.25. The van der Waals surface area contributed by atoms with Gasteiger partial charge in [-0.05, 0) is 42.2 Å². The molecule has 0 bridgehead atoms.